The molecule has 200 valence electrons. The molecule has 2 aliphatic heterocycles. The molecule has 0 radical (unpaired) electrons. The van der Waals surface area contributed by atoms with Gasteiger partial charge in [0.15, 0.2) is 0 Å². The summed E-state index contributed by atoms with van der Waals surface area (Å²) in [6, 6.07) is 21.7. The van der Waals surface area contributed by atoms with Gasteiger partial charge in [0.25, 0.3) is 5.91 Å². The van der Waals surface area contributed by atoms with Crippen molar-refractivity contribution in [3.63, 3.8) is 0 Å². The zero-order chi connectivity index (χ0) is 27.3. The maximum Gasteiger partial charge on any atom is 0.258 e. The van der Waals surface area contributed by atoms with Gasteiger partial charge in [-0.1, -0.05) is 36.4 Å². The molecule has 3 aromatic carbocycles. The number of amides is 1. The van der Waals surface area contributed by atoms with Crippen LogP contribution in [0.25, 0.3) is 28.1 Å². The van der Waals surface area contributed by atoms with Crippen LogP contribution in [-0.2, 0) is 19.6 Å². The van der Waals surface area contributed by atoms with E-state index in [2.05, 4.69) is 54.8 Å². The number of carbonyl (C=O) groups excluding carboxylic acids is 1. The molecule has 0 N–H and O–H groups in total. The molecule has 0 aliphatic carbocycles. The zero-order valence-electron chi connectivity index (χ0n) is 22.3. The van der Waals surface area contributed by atoms with Crippen molar-refractivity contribution >= 4 is 44.0 Å². The number of aromatic nitrogens is 1. The molecule has 2 aliphatic rings. The molecule has 1 amide bonds. The average molecular weight is 542 g/mol. The maximum absolute atomic E-state index is 13.6. The Labute approximate surface area is 229 Å². The topological polar surface area (TPSA) is 71.9 Å². The lowest BCUT2D eigenvalue weighted by atomic mass is 10.0. The predicted octanol–water partition coefficient (Wildman–Crippen LogP) is 5.18. The van der Waals surface area contributed by atoms with Crippen molar-refractivity contribution in [2.45, 2.75) is 25.7 Å². The van der Waals surface area contributed by atoms with Crippen LogP contribution in [-0.4, -0.2) is 56.0 Å². The van der Waals surface area contributed by atoms with Crippen molar-refractivity contribution in [3.8, 4) is 5.69 Å². The Morgan fingerprint density at radius 1 is 0.923 bits per heavy atom. The quantitative estimate of drug-likeness (QED) is 0.327. The number of rotatable bonds is 5. The van der Waals surface area contributed by atoms with Crippen molar-refractivity contribution in [3.05, 3.63) is 89.2 Å². The molecule has 1 fully saturated rings. The summed E-state index contributed by atoms with van der Waals surface area (Å²) in [6.07, 6.45) is 1.91. The smallest absolute Gasteiger partial charge is 0.258 e. The van der Waals surface area contributed by atoms with E-state index in [-0.39, 0.29) is 10.8 Å². The molecule has 6 rings (SSSR count). The first-order valence-electron chi connectivity index (χ1n) is 13.2. The molecule has 1 saturated heterocycles. The lowest BCUT2D eigenvalue weighted by Gasteiger charge is -2.26. The second kappa shape index (κ2) is 9.79. The first kappa shape index (κ1) is 25.6. The van der Waals surface area contributed by atoms with Crippen LogP contribution in [0, 0.1) is 13.8 Å². The molecule has 1 aromatic heterocycles. The Hall–Kier alpha value is -3.72. The van der Waals surface area contributed by atoms with Crippen LogP contribution in [0.4, 0.5) is 5.69 Å². The summed E-state index contributed by atoms with van der Waals surface area (Å²) in [5, 5.41) is 2.31. The Kier molecular flexibility index (Phi) is 6.41. The number of nitrogens with zero attached hydrogens (tertiary/aromatic N) is 3. The number of fused-ring (bicyclic) bond motifs is 2. The Morgan fingerprint density at radius 3 is 2.44 bits per heavy atom. The number of anilines is 1. The van der Waals surface area contributed by atoms with E-state index in [1.165, 1.54) is 4.31 Å². The summed E-state index contributed by atoms with van der Waals surface area (Å²) < 4.78 is 35.8. The summed E-state index contributed by atoms with van der Waals surface area (Å²) in [4.78, 5) is 15.5. The van der Waals surface area contributed by atoms with E-state index in [0.717, 1.165) is 39.1 Å². The van der Waals surface area contributed by atoms with Gasteiger partial charge in [-0.2, -0.15) is 4.31 Å². The molecular formula is C31H31N3O4S. The van der Waals surface area contributed by atoms with Gasteiger partial charge in [0.1, 0.15) is 0 Å². The molecule has 0 unspecified atom stereocenters. The lowest BCUT2D eigenvalue weighted by Crippen LogP contribution is -2.40. The van der Waals surface area contributed by atoms with Crippen LogP contribution >= 0.6 is 0 Å². The monoisotopic (exact) mass is 541 g/mol. The van der Waals surface area contributed by atoms with E-state index < -0.39 is 10.0 Å². The molecule has 0 spiro atoms. The van der Waals surface area contributed by atoms with Crippen LogP contribution in [0.2, 0.25) is 0 Å². The van der Waals surface area contributed by atoms with Gasteiger partial charge in [0, 0.05) is 47.5 Å². The first-order valence-corrected chi connectivity index (χ1v) is 14.7. The van der Waals surface area contributed by atoms with Crippen LogP contribution in [0.5, 0.6) is 0 Å². The molecular weight excluding hydrogens is 510 g/mol. The van der Waals surface area contributed by atoms with E-state index in [9.17, 15) is 13.2 Å². The van der Waals surface area contributed by atoms with Crippen molar-refractivity contribution < 1.29 is 17.9 Å². The van der Waals surface area contributed by atoms with Gasteiger partial charge in [0.2, 0.25) is 10.0 Å². The molecule has 39 heavy (non-hydrogen) atoms. The molecule has 0 bridgehead atoms. The highest BCUT2D eigenvalue weighted by Crippen LogP contribution is 2.40. The number of ether oxygens (including phenoxy) is 1. The van der Waals surface area contributed by atoms with Crippen LogP contribution in [0.1, 0.15) is 29.4 Å². The summed E-state index contributed by atoms with van der Waals surface area (Å²) >= 11 is 0. The summed E-state index contributed by atoms with van der Waals surface area (Å²) in [5.41, 5.74) is 5.96. The van der Waals surface area contributed by atoms with E-state index in [4.69, 9.17) is 4.74 Å². The highest BCUT2D eigenvalue weighted by molar-refractivity contribution is 7.89. The summed E-state index contributed by atoms with van der Waals surface area (Å²) in [7, 11) is -3.70. The normalized spacial score (nSPS) is 17.4. The van der Waals surface area contributed by atoms with Crippen molar-refractivity contribution in [1.82, 2.24) is 8.87 Å². The van der Waals surface area contributed by atoms with Gasteiger partial charge in [-0.05, 0) is 68.1 Å². The van der Waals surface area contributed by atoms with E-state index >= 15 is 0 Å². The standard InChI is InChI=1S/C31H31N3O4S/c1-4-33-29-13-12-25(39(36,37)32-14-16-38-17-15-32)20-27(29)28(31(33)35)19-24-18-21(2)34(22(24)3)30-11-7-9-23-8-5-6-10-26(23)30/h5-13,18-20H,4,14-17H2,1-3H3/b28-19-. The maximum atomic E-state index is 13.6. The number of benzene rings is 3. The third kappa shape index (κ3) is 4.19. The second-order valence-corrected chi connectivity index (χ2v) is 11.9. The number of hydrogen-bond donors (Lipinski definition) is 0. The molecule has 4 aromatic rings. The minimum absolute atomic E-state index is 0.122. The number of morpholine rings is 1. The number of hydrogen-bond acceptors (Lipinski definition) is 4. The fourth-order valence-electron chi connectivity index (χ4n) is 5.75. The highest BCUT2D eigenvalue weighted by Gasteiger charge is 2.34. The number of likely N-dealkylation sites (N-methyl/N-ethyl adjacent to an activating group) is 1. The Balaban J connectivity index is 1.47. The van der Waals surface area contributed by atoms with Crippen LogP contribution < -0.4 is 4.90 Å². The molecule has 0 atom stereocenters. The Bertz CT molecular complexity index is 1740. The number of sulfonamides is 1. The van der Waals surface area contributed by atoms with Crippen molar-refractivity contribution in [2.24, 2.45) is 0 Å². The molecule has 0 saturated carbocycles. The third-order valence-electron chi connectivity index (χ3n) is 7.73. The third-order valence-corrected chi connectivity index (χ3v) is 9.62. The van der Waals surface area contributed by atoms with Gasteiger partial charge in [-0.15, -0.1) is 0 Å². The fourth-order valence-corrected chi connectivity index (χ4v) is 7.18. The van der Waals surface area contributed by atoms with Crippen molar-refractivity contribution in [1.29, 1.82) is 0 Å². The van der Waals surface area contributed by atoms with E-state index in [1.54, 1.807) is 23.1 Å². The minimum atomic E-state index is -3.70. The molecule has 7 nitrogen and oxygen atoms in total. The van der Waals surface area contributed by atoms with Crippen molar-refractivity contribution in [2.75, 3.05) is 37.7 Å². The zero-order valence-corrected chi connectivity index (χ0v) is 23.2. The minimum Gasteiger partial charge on any atom is -0.379 e. The van der Waals surface area contributed by atoms with Gasteiger partial charge >= 0.3 is 0 Å². The molecule has 8 heteroatoms. The second-order valence-electron chi connectivity index (χ2n) is 9.96. The van der Waals surface area contributed by atoms with Gasteiger partial charge in [-0.3, -0.25) is 4.79 Å². The van der Waals surface area contributed by atoms with E-state index in [0.29, 0.717) is 44.0 Å². The fraction of sp³-hybridized carbons (Fsp3) is 0.258. The van der Waals surface area contributed by atoms with Gasteiger partial charge in [-0.25, -0.2) is 8.42 Å². The lowest BCUT2D eigenvalue weighted by molar-refractivity contribution is -0.112. The summed E-state index contributed by atoms with van der Waals surface area (Å²) in [5.74, 6) is -0.122. The summed E-state index contributed by atoms with van der Waals surface area (Å²) in [6.45, 7) is 7.94. The predicted molar refractivity (Wildman–Crippen MR) is 155 cm³/mol. The number of carbonyl (C=O) groups is 1. The van der Waals surface area contributed by atoms with Crippen LogP contribution in [0.15, 0.2) is 71.6 Å². The highest BCUT2D eigenvalue weighted by atomic mass is 32.2. The van der Waals surface area contributed by atoms with Crippen LogP contribution in [0.3, 0.4) is 0 Å². The largest absolute Gasteiger partial charge is 0.379 e. The van der Waals surface area contributed by atoms with Gasteiger partial charge < -0.3 is 14.2 Å². The Morgan fingerprint density at radius 2 is 1.67 bits per heavy atom. The molecule has 3 heterocycles. The van der Waals surface area contributed by atoms with E-state index in [1.807, 2.05) is 25.1 Å². The first-order chi connectivity index (χ1) is 18.8. The average Bonchev–Trinajstić information content (AvgIpc) is 3.39. The number of aryl methyl sites for hydroxylation is 1. The van der Waals surface area contributed by atoms with Gasteiger partial charge in [0.05, 0.1) is 29.5 Å². The SMILES string of the molecule is CCN1C(=O)/C(=C\c2cc(C)n(-c3cccc4ccccc34)c2C)c2cc(S(=O)(=O)N3CCOCC3)ccc21.